The van der Waals surface area contributed by atoms with Crippen LogP contribution in [0.2, 0.25) is 0 Å². The predicted molar refractivity (Wildman–Crippen MR) is 108 cm³/mol. The average molecular weight is 395 g/mol. The summed E-state index contributed by atoms with van der Waals surface area (Å²) in [6, 6.07) is 0. The zero-order chi connectivity index (χ0) is 21.4. The van der Waals surface area contributed by atoms with Crippen LogP contribution in [0.5, 0.6) is 0 Å². The number of carbonyl (C=O) groups excluding carboxylic acids is 1. The molecule has 0 saturated heterocycles. The molecule has 0 bridgehead atoms. The van der Waals surface area contributed by atoms with Crippen molar-refractivity contribution in [3.05, 3.63) is 35.5 Å². The Morgan fingerprint density at radius 1 is 1.25 bits per heavy atom. The number of ether oxygens (including phenoxy) is 1. The van der Waals surface area contributed by atoms with E-state index in [1.54, 1.807) is 0 Å². The lowest BCUT2D eigenvalue weighted by Crippen LogP contribution is -2.35. The fraction of sp³-hybridized carbons (Fsp3) is 0.636. The van der Waals surface area contributed by atoms with Gasteiger partial charge in [-0.15, -0.1) is 0 Å². The van der Waals surface area contributed by atoms with Crippen LogP contribution in [0.25, 0.3) is 0 Å². The molecule has 0 spiro atoms. The number of methoxy groups -OCH3 is 1. The number of hydrogen-bond donors (Lipinski definition) is 3. The molecule has 0 aromatic heterocycles. The Balaban J connectivity index is 0.00000190. The number of hydrogen-bond acceptors (Lipinski definition) is 5. The van der Waals surface area contributed by atoms with Crippen molar-refractivity contribution in [2.45, 2.75) is 52.1 Å². The van der Waals surface area contributed by atoms with Gasteiger partial charge in [0.2, 0.25) is 0 Å². The third-order valence-corrected chi connectivity index (χ3v) is 5.84. The number of aliphatic hydroxyl groups is 2. The first-order chi connectivity index (χ1) is 13.3. The smallest absolute Gasteiger partial charge is 0.333 e. The Bertz CT molecular complexity index is 631. The minimum Gasteiger partial charge on any atom is -0.478 e. The third-order valence-electron chi connectivity index (χ3n) is 5.84. The van der Waals surface area contributed by atoms with E-state index in [2.05, 4.69) is 20.4 Å². The normalized spacial score (nSPS) is 31.9. The monoisotopic (exact) mass is 394 g/mol. The Kier molecular flexibility index (Phi) is 9.62. The second-order valence-electron chi connectivity index (χ2n) is 7.73. The maximum absolute atomic E-state index is 12.2. The van der Waals surface area contributed by atoms with Crippen LogP contribution in [0.15, 0.2) is 35.5 Å². The van der Waals surface area contributed by atoms with Crippen LogP contribution in [0.1, 0.15) is 46.0 Å². The van der Waals surface area contributed by atoms with Gasteiger partial charge in [0.1, 0.15) is 0 Å². The molecular weight excluding hydrogens is 360 g/mol. The van der Waals surface area contributed by atoms with Crippen LogP contribution in [0.4, 0.5) is 0 Å². The van der Waals surface area contributed by atoms with Crippen LogP contribution >= 0.6 is 0 Å². The van der Waals surface area contributed by atoms with Crippen molar-refractivity contribution in [3.8, 4) is 0 Å². The van der Waals surface area contributed by atoms with Crippen LogP contribution in [0, 0.1) is 23.7 Å². The first-order valence-electron chi connectivity index (χ1n) is 9.79. The van der Waals surface area contributed by atoms with E-state index in [1.165, 1.54) is 13.2 Å². The van der Waals surface area contributed by atoms with E-state index >= 15 is 0 Å². The van der Waals surface area contributed by atoms with E-state index in [1.807, 2.05) is 6.08 Å². The zero-order valence-electron chi connectivity index (χ0n) is 17.4. The van der Waals surface area contributed by atoms with Gasteiger partial charge in [0.15, 0.2) is 0 Å². The maximum Gasteiger partial charge on any atom is 0.333 e. The predicted octanol–water partition coefficient (Wildman–Crippen LogP) is 3.10. The minimum absolute atomic E-state index is 0.00864. The molecule has 158 valence electrons. The number of carbonyl (C=O) groups is 2. The number of carboxylic acid groups (broad SMARTS) is 1. The van der Waals surface area contributed by atoms with E-state index in [9.17, 15) is 19.8 Å². The Morgan fingerprint density at radius 2 is 1.89 bits per heavy atom. The van der Waals surface area contributed by atoms with Crippen LogP contribution in [0.3, 0.4) is 0 Å². The summed E-state index contributed by atoms with van der Waals surface area (Å²) < 4.78 is 4.94. The van der Waals surface area contributed by atoms with Crippen molar-refractivity contribution in [2.75, 3.05) is 14.2 Å². The van der Waals surface area contributed by atoms with Gasteiger partial charge >= 0.3 is 11.9 Å². The fourth-order valence-electron chi connectivity index (χ4n) is 4.38. The van der Waals surface area contributed by atoms with Crippen molar-refractivity contribution in [1.29, 1.82) is 0 Å². The molecule has 4 atom stereocenters. The second-order valence-corrected chi connectivity index (χ2v) is 7.73. The van der Waals surface area contributed by atoms with Gasteiger partial charge in [0.25, 0.3) is 0 Å². The molecule has 0 radical (unpaired) electrons. The Morgan fingerprint density at radius 3 is 2.43 bits per heavy atom. The summed E-state index contributed by atoms with van der Waals surface area (Å²) in [7, 11) is 2.36. The van der Waals surface area contributed by atoms with Gasteiger partial charge in [-0.2, -0.15) is 0 Å². The molecule has 6 heteroatoms. The highest BCUT2D eigenvalue weighted by molar-refractivity contribution is 5.89. The maximum atomic E-state index is 12.2. The fourth-order valence-corrected chi connectivity index (χ4v) is 4.38. The first kappa shape index (κ1) is 24.1. The van der Waals surface area contributed by atoms with Gasteiger partial charge in [0, 0.05) is 12.7 Å². The zero-order valence-corrected chi connectivity index (χ0v) is 17.4. The summed E-state index contributed by atoms with van der Waals surface area (Å²) in [5.74, 6) is -0.706. The summed E-state index contributed by atoms with van der Waals surface area (Å²) in [4.78, 5) is 23.8. The molecule has 2 aliphatic carbocycles. The lowest BCUT2D eigenvalue weighted by atomic mass is 9.63. The van der Waals surface area contributed by atoms with Crippen LogP contribution in [-0.4, -0.2) is 47.6 Å². The lowest BCUT2D eigenvalue weighted by Gasteiger charge is -2.41. The molecule has 0 amide bonds. The van der Waals surface area contributed by atoms with Gasteiger partial charge in [-0.1, -0.05) is 38.2 Å². The van der Waals surface area contributed by atoms with Crippen LogP contribution < -0.4 is 0 Å². The highest BCUT2D eigenvalue weighted by Gasteiger charge is 2.38. The van der Waals surface area contributed by atoms with Gasteiger partial charge in [-0.3, -0.25) is 0 Å². The number of fused-ring (bicyclic) bond motifs is 1. The number of esters is 1. The summed E-state index contributed by atoms with van der Waals surface area (Å²) >= 11 is 0. The van der Waals surface area contributed by atoms with Gasteiger partial charge in [-0.25, -0.2) is 9.59 Å². The highest BCUT2D eigenvalue weighted by Crippen LogP contribution is 2.45. The summed E-state index contributed by atoms with van der Waals surface area (Å²) in [5, 5.41) is 27.0. The number of aliphatic carboxylic acids is 1. The topological polar surface area (TPSA) is 104 Å². The summed E-state index contributed by atoms with van der Waals surface area (Å²) in [5.41, 5.74) is 1.62. The van der Waals surface area contributed by atoms with Gasteiger partial charge < -0.3 is 20.1 Å². The van der Waals surface area contributed by atoms with E-state index in [0.29, 0.717) is 36.7 Å². The molecule has 0 unspecified atom stereocenters. The van der Waals surface area contributed by atoms with E-state index < -0.39 is 12.1 Å². The number of allylic oxidation sites excluding steroid dienone is 3. The molecule has 2 rings (SSSR count). The van der Waals surface area contributed by atoms with E-state index in [0.717, 1.165) is 25.5 Å². The standard InChI is InChI=1S/C21H30O5.CH4O/c1-12(2)15-9-8-13(3)17-11-19(22)16(20(23)24)7-5-6-14(10-18(15)17)21(25)26-4;1-2/h7,10,12,15,17-19,22H,3,5-6,8-9,11H2,1-2,4H3,(H,23,24);2H,1H3/b14-10+,16-7-;/t15-,17+,18+,19+;/m0./s1. The molecule has 2 aliphatic rings. The minimum atomic E-state index is -1.11. The molecule has 0 aliphatic heterocycles. The summed E-state index contributed by atoms with van der Waals surface area (Å²) in [6.07, 6.45) is 5.45. The summed E-state index contributed by atoms with van der Waals surface area (Å²) in [6.45, 7) is 8.52. The van der Waals surface area contributed by atoms with Crippen molar-refractivity contribution in [1.82, 2.24) is 0 Å². The molecule has 28 heavy (non-hydrogen) atoms. The largest absolute Gasteiger partial charge is 0.478 e. The average Bonchev–Trinajstić information content (AvgIpc) is 2.66. The van der Waals surface area contributed by atoms with E-state index in [4.69, 9.17) is 9.84 Å². The van der Waals surface area contributed by atoms with Crippen LogP contribution in [-0.2, 0) is 14.3 Å². The number of rotatable bonds is 3. The highest BCUT2D eigenvalue weighted by atomic mass is 16.5. The molecule has 1 saturated carbocycles. The lowest BCUT2D eigenvalue weighted by molar-refractivity contribution is -0.136. The second kappa shape index (κ2) is 11.2. The van der Waals surface area contributed by atoms with Crippen molar-refractivity contribution in [2.24, 2.45) is 23.7 Å². The quantitative estimate of drug-likeness (QED) is 0.502. The Labute approximate surface area is 167 Å². The van der Waals surface area contributed by atoms with Crippen molar-refractivity contribution >= 4 is 11.9 Å². The van der Waals surface area contributed by atoms with Gasteiger partial charge in [0.05, 0.1) is 18.8 Å². The van der Waals surface area contributed by atoms with Gasteiger partial charge in [-0.05, 0) is 55.8 Å². The first-order valence-corrected chi connectivity index (χ1v) is 9.79. The number of carboxylic acids is 1. The molecule has 3 N–H and O–H groups in total. The molecule has 0 aromatic rings. The van der Waals surface area contributed by atoms with Crippen molar-refractivity contribution < 1.29 is 29.6 Å². The third kappa shape index (κ3) is 5.79. The number of aliphatic hydroxyl groups excluding tert-OH is 2. The van der Waals surface area contributed by atoms with E-state index in [-0.39, 0.29) is 23.4 Å². The Hall–Kier alpha value is -1.92. The SMILES string of the molecule is C=C1CC[C@@H](C(C)C)[C@H]2/C=C(/C(=O)OC)CC/C=C(\C(=O)O)[C@H](O)C[C@H]12.CO. The molecular formula is C22H34O6. The molecule has 1 fully saturated rings. The van der Waals surface area contributed by atoms with Crippen molar-refractivity contribution in [3.63, 3.8) is 0 Å². The molecule has 0 aromatic carbocycles. The molecule has 6 nitrogen and oxygen atoms in total. The molecule has 0 heterocycles.